The predicted molar refractivity (Wildman–Crippen MR) is 376 cm³/mol. The number of aliphatic hydroxyl groups excluding tert-OH is 6. The zero-order chi connectivity index (χ0) is 76.7. The lowest BCUT2D eigenvalue weighted by Gasteiger charge is -2.48. The molecule has 103 heavy (non-hydrogen) atoms. The molecule has 0 aromatic carbocycles. The van der Waals surface area contributed by atoms with Crippen LogP contribution in [0.5, 0.6) is 0 Å². The van der Waals surface area contributed by atoms with E-state index in [0.29, 0.717) is 45.1 Å². The highest BCUT2D eigenvalue weighted by Crippen LogP contribution is 2.36. The molecule has 0 aromatic heterocycles. The fourth-order valence-electron chi connectivity index (χ4n) is 14.9. The van der Waals surface area contributed by atoms with Crippen molar-refractivity contribution in [2.75, 3.05) is 54.6 Å². The third kappa shape index (κ3) is 23.3. The summed E-state index contributed by atoms with van der Waals surface area (Å²) in [6.45, 7) is 10.8. The number of hydrogen-bond donors (Lipinski definition) is 24. The van der Waals surface area contributed by atoms with E-state index in [9.17, 15) is 50.8 Å². The second-order valence-corrected chi connectivity index (χ2v) is 30.1. The van der Waals surface area contributed by atoms with E-state index >= 15 is 0 Å². The van der Waals surface area contributed by atoms with Gasteiger partial charge in [-0.25, -0.2) is 0 Å². The molecule has 9 aliphatic rings. The number of nitrogens with two attached hydrogens (primary N) is 11. The molecule has 38 atom stereocenters. The van der Waals surface area contributed by atoms with Gasteiger partial charge in [-0.15, -0.1) is 0 Å². The van der Waals surface area contributed by atoms with Gasteiger partial charge in [-0.3, -0.25) is 4.79 Å². The highest BCUT2D eigenvalue weighted by molar-refractivity contribution is 5.64. The molecule has 3 aliphatic carbocycles. The largest absolute Gasteiger partial charge is 0.388 e. The van der Waals surface area contributed by atoms with E-state index in [1.807, 2.05) is 27.0 Å². The van der Waals surface area contributed by atoms with Gasteiger partial charge in [-0.1, -0.05) is 19.4 Å². The minimum atomic E-state index is -1.29. The Hall–Kier alpha value is -2.03. The van der Waals surface area contributed by atoms with Gasteiger partial charge in [-0.2, -0.15) is 0 Å². The van der Waals surface area contributed by atoms with Crippen LogP contribution < -0.4 is 84.3 Å². The minimum Gasteiger partial charge on any atom is -0.388 e. The Bertz CT molecular complexity index is 2490. The van der Waals surface area contributed by atoms with E-state index in [-0.39, 0.29) is 68.3 Å². The maximum atomic E-state index is 11.1. The number of likely N-dealkylation sites (N-methyl/N-ethyl adjacent to an activating group) is 4. The van der Waals surface area contributed by atoms with Crippen molar-refractivity contribution in [1.29, 1.82) is 0 Å². The molecule has 6 aliphatic heterocycles. The van der Waals surface area contributed by atoms with Crippen molar-refractivity contribution in [3.8, 4) is 0 Å². The van der Waals surface area contributed by atoms with Gasteiger partial charge >= 0.3 is 0 Å². The number of hydrogen-bond acceptors (Lipinski definition) is 37. The average Bonchev–Trinajstić information content (AvgIpc) is 0.785. The molecular weight excluding hydrogens is 1350 g/mol. The smallest absolute Gasteiger partial charge is 0.185 e. The van der Waals surface area contributed by atoms with E-state index in [0.717, 1.165) is 38.4 Å². The van der Waals surface area contributed by atoms with E-state index in [1.165, 1.54) is 6.08 Å². The number of ether oxygens (including phenoxy) is 12. The van der Waals surface area contributed by atoms with Crippen LogP contribution >= 0.6 is 0 Å². The van der Waals surface area contributed by atoms with Crippen LogP contribution in [0.3, 0.4) is 0 Å². The first-order valence-electron chi connectivity index (χ1n) is 36.5. The Morgan fingerprint density at radius 2 is 0.757 bits per heavy atom. The standard InChI is InChI=1S/C21H43N5O7.C20H41N5O7.C19H39N5O7.C6H10O/c1-9(25-3)13-6-5-10(22)19(31-13)32-16-11(23)7-12(24)17(14(16)27)33-20-15(28)18(26-4)21(2,29)8-30-20;1-8(21)12-5-4-9(22)18(30-12)31-15-10(23)6-11(24)16(13(15)26)32-19-14(27)17(25-3)20(2,28)7-29-19;1-19(27)7-28-18(13(26)16(19)24-2)31-15-11(23)5-10(22)14(12(15)25)30-17-9(21)4-3-8(6-20)29-17;1-2-3-4-5-6-7/h9-20,25-29H,5-8,22-24H2,1-4H3;8-19,25-28H,4-7,21-24H2,1-3H3;8-18,24-27H,3-7,20-23H2,1-2H3;4-6H,2-3H2,1H3/b;;;5-4+/t9?,10-,11+,12-,13+,14+,15-,16-,17+,18-,19-,20-,21+;8?,9-,10+,11-,12+,13+,14-,15-,16+,17-,18-,19-,20+;8-,9+,10-,11+,12-,13+,14+,15-,16+,17+,18+,19-;/m110./s1. The summed E-state index contributed by atoms with van der Waals surface area (Å²) in [5.74, 6) is 0. The molecule has 6 saturated heterocycles. The van der Waals surface area contributed by atoms with Gasteiger partial charge in [0.1, 0.15) is 96.3 Å². The highest BCUT2D eigenvalue weighted by atomic mass is 16.7. The Morgan fingerprint density at radius 3 is 1.05 bits per heavy atom. The minimum absolute atomic E-state index is 0.0620. The number of unbranched alkanes of at least 4 members (excludes halogenated alkanes) is 1. The molecule has 9 fully saturated rings. The molecule has 3 saturated carbocycles. The first kappa shape index (κ1) is 89.9. The van der Waals surface area contributed by atoms with Crippen LogP contribution in [0, 0.1) is 0 Å². The summed E-state index contributed by atoms with van der Waals surface area (Å²) in [6.07, 6.45) is -6.96. The van der Waals surface area contributed by atoms with Crippen LogP contribution in [0.2, 0.25) is 0 Å². The second-order valence-electron chi connectivity index (χ2n) is 30.1. The summed E-state index contributed by atoms with van der Waals surface area (Å²) in [5, 5.41) is 108. The van der Waals surface area contributed by atoms with Crippen LogP contribution in [0.1, 0.15) is 112 Å². The number of allylic oxidation sites excluding steroid dienone is 2. The van der Waals surface area contributed by atoms with Crippen molar-refractivity contribution >= 4 is 6.29 Å². The van der Waals surface area contributed by atoms with Crippen molar-refractivity contribution in [2.45, 2.75) is 343 Å². The number of rotatable bonds is 22. The molecule has 35 N–H and O–H groups in total. The SMILES string of the molecule is CCC/C=C/C=O.CNC(C)[C@@H]1CC[C@@H](N)[C@@H](O[C@H]2[C@H](O)[C@@H](O[C@H]3OC[C@](C)(O)[C@H](NC)[C@H]3O)[C@H](N)C[C@@H]2N)O1.CN[C@@H]1[C@@H](O)[C@@H](O[C@@H]2[C@@H](O)[C@H](O[C@H]3O[C@H](C(C)N)CC[C@H]3N)[C@@H](N)C[C@H]2N)OC[C@]1(C)O.CN[C@@H]1[C@@H](O)[C@@H](O[C@@H]2[C@@H](O)[C@H](O[C@H]3O[C@H](CN)CC[C@H]3N)[C@@H](N)C[C@H]2N)OC[C@]1(C)O. The summed E-state index contributed by atoms with van der Waals surface area (Å²) in [6, 6.07) is -6.84. The van der Waals surface area contributed by atoms with Crippen molar-refractivity contribution in [3.63, 3.8) is 0 Å². The van der Waals surface area contributed by atoms with Crippen molar-refractivity contribution in [2.24, 2.45) is 63.1 Å². The summed E-state index contributed by atoms with van der Waals surface area (Å²) in [4.78, 5) is 9.59. The summed E-state index contributed by atoms with van der Waals surface area (Å²) >= 11 is 0. The molecule has 0 spiro atoms. The van der Waals surface area contributed by atoms with Gasteiger partial charge in [0.25, 0.3) is 0 Å². The number of carbonyl (C=O) groups is 1. The molecule has 0 aromatic rings. The number of aldehydes is 1. The quantitative estimate of drug-likeness (QED) is 0.0353. The van der Waals surface area contributed by atoms with E-state index in [4.69, 9.17) is 120 Å². The van der Waals surface area contributed by atoms with E-state index in [2.05, 4.69) is 28.2 Å². The first-order valence-corrected chi connectivity index (χ1v) is 36.5. The van der Waals surface area contributed by atoms with Gasteiger partial charge in [0.05, 0.1) is 74.4 Å². The molecule has 6 heterocycles. The fraction of sp³-hybridized carbons (Fsp3) is 0.955. The number of carbonyl (C=O) groups excluding carboxylic acids is 1. The van der Waals surface area contributed by atoms with E-state index < -0.39 is 182 Å². The summed E-state index contributed by atoms with van der Waals surface area (Å²) in [5.41, 5.74) is 63.8. The lowest BCUT2D eigenvalue weighted by molar-refractivity contribution is -0.307. The molecule has 604 valence electrons. The third-order valence-electron chi connectivity index (χ3n) is 21.3. The highest BCUT2D eigenvalue weighted by Gasteiger charge is 2.55. The van der Waals surface area contributed by atoms with Crippen molar-refractivity contribution in [1.82, 2.24) is 21.3 Å². The summed E-state index contributed by atoms with van der Waals surface area (Å²) in [7, 11) is 6.74. The lowest BCUT2D eigenvalue weighted by atomic mass is 9.84. The first-order chi connectivity index (χ1) is 48.4. The summed E-state index contributed by atoms with van der Waals surface area (Å²) < 4.78 is 70.4. The zero-order valence-electron chi connectivity index (χ0n) is 61.7. The predicted octanol–water partition coefficient (Wildman–Crippen LogP) is -9.35. The Balaban J connectivity index is 0.000000231. The van der Waals surface area contributed by atoms with Crippen molar-refractivity contribution in [3.05, 3.63) is 12.2 Å². The molecule has 37 heteroatoms. The number of aliphatic hydroxyl groups is 9. The monoisotopic (exact) mass is 1490 g/mol. The average molecular weight is 1490 g/mol. The fourth-order valence-corrected chi connectivity index (χ4v) is 14.9. The molecule has 0 amide bonds. The van der Waals surface area contributed by atoms with Crippen LogP contribution in [0.25, 0.3) is 0 Å². The van der Waals surface area contributed by atoms with Gasteiger partial charge in [0, 0.05) is 54.9 Å². The normalized spacial score (nSPS) is 48.2. The molecule has 37 nitrogen and oxygen atoms in total. The van der Waals surface area contributed by atoms with Gasteiger partial charge in [0.2, 0.25) is 0 Å². The second kappa shape index (κ2) is 40.8. The topological polar surface area (TPSA) is 644 Å². The Morgan fingerprint density at radius 1 is 0.456 bits per heavy atom. The number of nitrogens with one attached hydrogen (secondary N) is 4. The third-order valence-corrected chi connectivity index (χ3v) is 21.3. The van der Waals surface area contributed by atoms with Gasteiger partial charge in [-0.05, 0) is 133 Å². The maximum Gasteiger partial charge on any atom is 0.185 e. The zero-order valence-corrected chi connectivity index (χ0v) is 61.7. The lowest BCUT2D eigenvalue weighted by Crippen LogP contribution is -2.68. The van der Waals surface area contributed by atoms with Crippen LogP contribution in [0.4, 0.5) is 0 Å². The molecule has 9 rings (SSSR count). The van der Waals surface area contributed by atoms with E-state index in [1.54, 1.807) is 41.9 Å². The maximum absolute atomic E-state index is 11.1. The Kier molecular flexibility index (Phi) is 35.6. The van der Waals surface area contributed by atoms with Crippen molar-refractivity contribution < 1.29 is 108 Å². The van der Waals surface area contributed by atoms with Crippen LogP contribution in [0.15, 0.2) is 12.2 Å². The van der Waals surface area contributed by atoms with Crippen LogP contribution in [-0.4, -0.2) is 337 Å². The van der Waals surface area contributed by atoms with Gasteiger partial charge in [0.15, 0.2) is 37.7 Å². The Labute approximate surface area is 605 Å². The molecule has 0 radical (unpaired) electrons. The molecule has 0 bridgehead atoms. The molecule has 2 unspecified atom stereocenters. The molecular formula is C66H133N15O22. The van der Waals surface area contributed by atoms with Crippen LogP contribution in [-0.2, 0) is 61.6 Å². The van der Waals surface area contributed by atoms with Gasteiger partial charge < -0.3 is 187 Å².